The number of fused-ring (bicyclic) bond motifs is 1. The molecule has 3 rings (SSSR count). The lowest BCUT2D eigenvalue weighted by Gasteiger charge is -2.43. The molecule has 0 aliphatic carbocycles. The summed E-state index contributed by atoms with van der Waals surface area (Å²) in [7, 11) is 4.65. The van der Waals surface area contributed by atoms with Crippen LogP contribution in [0.3, 0.4) is 0 Å². The Morgan fingerprint density at radius 2 is 1.80 bits per heavy atom. The van der Waals surface area contributed by atoms with Crippen LogP contribution in [0.5, 0.6) is 0 Å². The second kappa shape index (κ2) is 14.1. The fourth-order valence-electron chi connectivity index (χ4n) is 5.20. The van der Waals surface area contributed by atoms with E-state index in [1.807, 2.05) is 42.7 Å². The van der Waals surface area contributed by atoms with Crippen LogP contribution in [-0.2, 0) is 25.7 Å². The van der Waals surface area contributed by atoms with Gasteiger partial charge in [0.2, 0.25) is 0 Å². The van der Waals surface area contributed by atoms with Crippen LogP contribution in [0.4, 0.5) is 4.79 Å². The van der Waals surface area contributed by atoms with Crippen molar-refractivity contribution in [3.05, 3.63) is 30.1 Å². The van der Waals surface area contributed by atoms with Gasteiger partial charge in [-0.15, -0.1) is 0 Å². The van der Waals surface area contributed by atoms with Gasteiger partial charge in [-0.25, -0.2) is 14.8 Å². The van der Waals surface area contributed by atoms with E-state index < -0.39 is 23.7 Å². The predicted molar refractivity (Wildman–Crippen MR) is 156 cm³/mol. The molecule has 0 saturated carbocycles. The Morgan fingerprint density at radius 3 is 2.44 bits per heavy atom. The number of amides is 3. The van der Waals surface area contributed by atoms with Gasteiger partial charge in [0.15, 0.2) is 5.82 Å². The third kappa shape index (κ3) is 8.42. The lowest BCUT2D eigenvalue weighted by Crippen LogP contribution is -2.58. The first-order chi connectivity index (χ1) is 19.4. The number of imidazole rings is 1. The molecule has 1 aliphatic heterocycles. The van der Waals surface area contributed by atoms with E-state index in [1.165, 1.54) is 12.2 Å². The van der Waals surface area contributed by atoms with Crippen molar-refractivity contribution in [3.8, 4) is 0 Å². The average Bonchev–Trinajstić information content (AvgIpc) is 3.30. The molecule has 0 spiro atoms. The van der Waals surface area contributed by atoms with Crippen molar-refractivity contribution < 1.29 is 28.7 Å². The van der Waals surface area contributed by atoms with Crippen molar-refractivity contribution in [1.82, 2.24) is 24.4 Å². The van der Waals surface area contributed by atoms with Crippen LogP contribution in [0, 0.1) is 11.8 Å². The molecular formula is C30H47N5O6. The van der Waals surface area contributed by atoms with Crippen LogP contribution in [0.25, 0.3) is 11.0 Å². The molecule has 228 valence electrons. The van der Waals surface area contributed by atoms with Gasteiger partial charge in [0.05, 0.1) is 30.1 Å². The lowest BCUT2D eigenvalue weighted by molar-refractivity contribution is -0.175. The molecule has 1 aliphatic rings. The first-order valence-electron chi connectivity index (χ1n) is 14.4. The highest BCUT2D eigenvalue weighted by Gasteiger charge is 2.41. The second-order valence-corrected chi connectivity index (χ2v) is 12.1. The molecule has 11 heteroatoms. The zero-order valence-electron chi connectivity index (χ0n) is 25.9. The highest BCUT2D eigenvalue weighted by molar-refractivity contribution is 5.95. The first kappa shape index (κ1) is 32.3. The van der Waals surface area contributed by atoms with E-state index in [9.17, 15) is 14.4 Å². The summed E-state index contributed by atoms with van der Waals surface area (Å²) in [6.45, 7) is 11.6. The van der Waals surface area contributed by atoms with Crippen LogP contribution < -0.4 is 0 Å². The maximum absolute atomic E-state index is 14.4. The van der Waals surface area contributed by atoms with E-state index >= 15 is 0 Å². The monoisotopic (exact) mass is 573 g/mol. The Bertz CT molecular complexity index is 1190. The molecule has 1 saturated heterocycles. The summed E-state index contributed by atoms with van der Waals surface area (Å²) < 4.78 is 12.9. The number of benzene rings is 1. The lowest BCUT2D eigenvalue weighted by atomic mass is 9.91. The summed E-state index contributed by atoms with van der Waals surface area (Å²) >= 11 is 0. The standard InChI is InChI=1S/C30H47N5O6/c1-21(2)18-35(28(37)26-31-24-13-9-10-14-25(24)34(26)15-11-12-16-39-7)23-17-22(27(36)32(6)40-8)19-33(20-23)29(38)41-30(3,4)5/h9-10,13-14,21-23H,11-12,15-20H2,1-8H3. The minimum atomic E-state index is -0.700. The highest BCUT2D eigenvalue weighted by Crippen LogP contribution is 2.28. The average molecular weight is 574 g/mol. The van der Waals surface area contributed by atoms with Gasteiger partial charge in [-0.3, -0.25) is 14.4 Å². The second-order valence-electron chi connectivity index (χ2n) is 12.1. The van der Waals surface area contributed by atoms with E-state index in [2.05, 4.69) is 0 Å². The number of nitrogens with zero attached hydrogens (tertiary/aromatic N) is 5. The fourth-order valence-corrected chi connectivity index (χ4v) is 5.20. The minimum Gasteiger partial charge on any atom is -0.444 e. The van der Waals surface area contributed by atoms with Gasteiger partial charge < -0.3 is 23.8 Å². The van der Waals surface area contributed by atoms with Crippen molar-refractivity contribution in [3.63, 3.8) is 0 Å². The van der Waals surface area contributed by atoms with Crippen molar-refractivity contribution in [1.29, 1.82) is 0 Å². The van der Waals surface area contributed by atoms with Gasteiger partial charge in [-0.1, -0.05) is 26.0 Å². The Labute approximate surface area is 243 Å². The molecule has 2 aromatic rings. The SMILES string of the molecule is COCCCCn1c(C(=O)N(CC(C)C)C2CC(C(=O)N(C)OC)CN(C(=O)OC(C)(C)C)C2)nc2ccccc21. The number of hydrogen-bond donors (Lipinski definition) is 0. The molecule has 1 fully saturated rings. The number of ether oxygens (including phenoxy) is 2. The largest absolute Gasteiger partial charge is 0.444 e. The Kier molecular flexibility index (Phi) is 11.1. The molecule has 2 atom stereocenters. The van der Waals surface area contributed by atoms with Crippen molar-refractivity contribution in [2.75, 3.05) is 47.5 Å². The highest BCUT2D eigenvalue weighted by atomic mass is 16.7. The van der Waals surface area contributed by atoms with Crippen LogP contribution in [0.2, 0.25) is 0 Å². The smallest absolute Gasteiger partial charge is 0.410 e. The van der Waals surface area contributed by atoms with Crippen LogP contribution in [0.15, 0.2) is 24.3 Å². The zero-order valence-corrected chi connectivity index (χ0v) is 25.9. The van der Waals surface area contributed by atoms with Gasteiger partial charge in [0.1, 0.15) is 5.60 Å². The summed E-state index contributed by atoms with van der Waals surface area (Å²) in [5.41, 5.74) is 0.945. The Hall–Kier alpha value is -3.18. The number of carbonyl (C=O) groups excluding carboxylic acids is 3. The van der Waals surface area contributed by atoms with Gasteiger partial charge in [-0.2, -0.15) is 0 Å². The Balaban J connectivity index is 2.01. The molecule has 2 unspecified atom stereocenters. The molecule has 41 heavy (non-hydrogen) atoms. The van der Waals surface area contributed by atoms with Crippen LogP contribution in [0.1, 0.15) is 64.5 Å². The maximum atomic E-state index is 14.4. The molecule has 1 aromatic carbocycles. The molecule has 0 bridgehead atoms. The summed E-state index contributed by atoms with van der Waals surface area (Å²) in [6, 6.07) is 7.31. The van der Waals surface area contributed by atoms with E-state index in [4.69, 9.17) is 19.3 Å². The predicted octanol–water partition coefficient (Wildman–Crippen LogP) is 4.21. The number of aryl methyl sites for hydroxylation is 1. The topological polar surface area (TPSA) is 106 Å². The molecule has 1 aromatic heterocycles. The molecule has 0 N–H and O–H groups in total. The molecule has 11 nitrogen and oxygen atoms in total. The quantitative estimate of drug-likeness (QED) is 0.293. The first-order valence-corrected chi connectivity index (χ1v) is 14.4. The van der Waals surface area contributed by atoms with Crippen LogP contribution >= 0.6 is 0 Å². The van der Waals surface area contributed by atoms with Gasteiger partial charge in [-0.05, 0) is 58.1 Å². The molecule has 0 radical (unpaired) electrons. The van der Waals surface area contributed by atoms with Gasteiger partial charge >= 0.3 is 6.09 Å². The molecule has 2 heterocycles. The third-order valence-electron chi connectivity index (χ3n) is 7.10. The van der Waals surface area contributed by atoms with Crippen molar-refractivity contribution in [2.24, 2.45) is 11.8 Å². The number of piperidine rings is 1. The normalized spacial score (nSPS) is 17.6. The number of unbranched alkanes of at least 4 members (excludes halogenated alkanes) is 1. The number of aromatic nitrogens is 2. The summed E-state index contributed by atoms with van der Waals surface area (Å²) in [5, 5.41) is 1.17. The summed E-state index contributed by atoms with van der Waals surface area (Å²) in [5.74, 6) is -0.541. The van der Waals surface area contributed by atoms with Gasteiger partial charge in [0.25, 0.3) is 11.8 Å². The van der Waals surface area contributed by atoms with Crippen LogP contribution in [-0.4, -0.2) is 101 Å². The van der Waals surface area contributed by atoms with E-state index in [0.717, 1.165) is 23.9 Å². The number of likely N-dealkylation sites (tertiary alicyclic amines) is 1. The zero-order chi connectivity index (χ0) is 30.3. The number of para-hydroxylation sites is 2. The van der Waals surface area contributed by atoms with E-state index in [0.29, 0.717) is 31.9 Å². The number of methoxy groups -OCH3 is 1. The summed E-state index contributed by atoms with van der Waals surface area (Å²) in [4.78, 5) is 54.1. The number of rotatable bonds is 11. The summed E-state index contributed by atoms with van der Waals surface area (Å²) in [6.07, 6.45) is 1.56. The van der Waals surface area contributed by atoms with Crippen molar-refractivity contribution in [2.45, 2.75) is 72.1 Å². The third-order valence-corrected chi connectivity index (χ3v) is 7.10. The number of hydrogen-bond acceptors (Lipinski definition) is 7. The fraction of sp³-hybridized carbons (Fsp3) is 0.667. The van der Waals surface area contributed by atoms with E-state index in [1.54, 1.807) is 44.7 Å². The molecular weight excluding hydrogens is 526 g/mol. The van der Waals surface area contributed by atoms with Gasteiger partial charge in [0, 0.05) is 46.9 Å². The van der Waals surface area contributed by atoms with E-state index in [-0.39, 0.29) is 30.8 Å². The maximum Gasteiger partial charge on any atom is 0.410 e. The number of hydroxylamine groups is 2. The molecule has 3 amide bonds. The van der Waals surface area contributed by atoms with Crippen molar-refractivity contribution >= 4 is 28.9 Å². The Morgan fingerprint density at radius 1 is 1.10 bits per heavy atom. The minimum absolute atomic E-state index is 0.145. The number of carbonyl (C=O) groups is 3.